The second-order valence-corrected chi connectivity index (χ2v) is 11.9. The first-order valence-electron chi connectivity index (χ1n) is 12.6. The van der Waals surface area contributed by atoms with Crippen LogP contribution in [0.2, 0.25) is 0 Å². The zero-order valence-electron chi connectivity index (χ0n) is 21.8. The maximum absolute atomic E-state index is 12.9. The van der Waals surface area contributed by atoms with Crippen molar-refractivity contribution in [1.29, 1.82) is 0 Å². The molecular weight excluding hydrogens is 551 g/mol. The van der Waals surface area contributed by atoms with E-state index in [0.29, 0.717) is 39.3 Å². The topological polar surface area (TPSA) is 88.6 Å². The minimum Gasteiger partial charge on any atom is -0.465 e. The van der Waals surface area contributed by atoms with E-state index in [2.05, 4.69) is 35.4 Å². The van der Waals surface area contributed by atoms with Crippen LogP contribution in [-0.4, -0.2) is 45.6 Å². The fourth-order valence-corrected chi connectivity index (χ4v) is 6.23. The highest BCUT2D eigenvalue weighted by Crippen LogP contribution is 2.33. The van der Waals surface area contributed by atoms with Gasteiger partial charge in [0.05, 0.1) is 17.6 Å². The molecule has 1 N–H and O–H groups in total. The van der Waals surface area contributed by atoms with Gasteiger partial charge in [-0.15, -0.1) is 11.3 Å². The van der Waals surface area contributed by atoms with Crippen molar-refractivity contribution in [3.05, 3.63) is 86.8 Å². The van der Waals surface area contributed by atoms with Crippen LogP contribution in [-0.2, 0) is 20.7 Å². The van der Waals surface area contributed by atoms with Gasteiger partial charge in [0.25, 0.3) is 5.91 Å². The number of carbonyl (C=O) groups excluding carboxylic acids is 3. The van der Waals surface area contributed by atoms with E-state index in [1.54, 1.807) is 35.2 Å². The summed E-state index contributed by atoms with van der Waals surface area (Å²) in [7, 11) is 1.34. The minimum absolute atomic E-state index is 0.0572. The lowest BCUT2D eigenvalue weighted by molar-refractivity contribution is -0.122. The number of nitrogens with one attached hydrogen (secondary N) is 1. The zero-order chi connectivity index (χ0) is 27.8. The molecule has 1 aliphatic heterocycles. The summed E-state index contributed by atoms with van der Waals surface area (Å²) in [5.74, 6) is -0.584. The number of anilines is 1. The van der Waals surface area contributed by atoms with Crippen molar-refractivity contribution in [3.63, 3.8) is 0 Å². The Morgan fingerprint density at radius 2 is 1.92 bits per heavy atom. The molecule has 2 heterocycles. The Morgan fingerprint density at radius 3 is 2.67 bits per heavy atom. The molecule has 1 saturated heterocycles. The standard InChI is InChI=1S/C29H29N3O4S3/c1-19-7-6-8-21(15-19)16-23-18-30-28(38-23)31-25(33)9-4-3-5-14-32-26(34)24(39-29(32)37)17-20-10-12-22(13-11-20)27(35)36-2/h6-8,10-13,15,17-18H,3-5,9,14,16H2,1-2H3,(H,30,31,33). The number of hydrogen-bond donors (Lipinski definition) is 1. The fraction of sp³-hybridized carbons (Fsp3) is 0.276. The molecule has 0 bridgehead atoms. The molecule has 0 saturated carbocycles. The van der Waals surface area contributed by atoms with Crippen LogP contribution in [0.4, 0.5) is 5.13 Å². The van der Waals surface area contributed by atoms with Crippen LogP contribution < -0.4 is 5.32 Å². The van der Waals surface area contributed by atoms with Crippen LogP contribution in [0.15, 0.2) is 59.6 Å². The Kier molecular flexibility index (Phi) is 10.0. The van der Waals surface area contributed by atoms with E-state index in [0.717, 1.165) is 29.7 Å². The summed E-state index contributed by atoms with van der Waals surface area (Å²) in [5, 5.41) is 3.51. The molecule has 0 unspecified atom stereocenters. The van der Waals surface area contributed by atoms with Crippen molar-refractivity contribution in [3.8, 4) is 0 Å². The largest absolute Gasteiger partial charge is 0.465 e. The number of ether oxygens (including phenoxy) is 1. The van der Waals surface area contributed by atoms with E-state index >= 15 is 0 Å². The van der Waals surface area contributed by atoms with Gasteiger partial charge in [0.1, 0.15) is 4.32 Å². The Morgan fingerprint density at radius 1 is 1.13 bits per heavy atom. The number of nitrogens with zero attached hydrogens (tertiary/aromatic N) is 2. The lowest BCUT2D eigenvalue weighted by atomic mass is 10.1. The van der Waals surface area contributed by atoms with Crippen molar-refractivity contribution in [2.24, 2.45) is 0 Å². The van der Waals surface area contributed by atoms with Crippen LogP contribution in [0.1, 0.15) is 57.6 Å². The second kappa shape index (κ2) is 13.6. The van der Waals surface area contributed by atoms with Gasteiger partial charge in [0.15, 0.2) is 5.13 Å². The average Bonchev–Trinajstić information content (AvgIpc) is 3.46. The van der Waals surface area contributed by atoms with Crippen molar-refractivity contribution in [2.75, 3.05) is 19.0 Å². The molecule has 1 aliphatic rings. The van der Waals surface area contributed by atoms with Crippen molar-refractivity contribution >= 4 is 68.6 Å². The molecule has 7 nitrogen and oxygen atoms in total. The molecule has 2 amide bonds. The molecule has 1 fully saturated rings. The van der Waals surface area contributed by atoms with E-state index in [-0.39, 0.29) is 11.8 Å². The van der Waals surface area contributed by atoms with Crippen LogP contribution >= 0.6 is 35.3 Å². The van der Waals surface area contributed by atoms with Crippen molar-refractivity contribution in [1.82, 2.24) is 9.88 Å². The molecular formula is C29H29N3O4S3. The molecule has 3 aromatic rings. The quantitative estimate of drug-likeness (QED) is 0.125. The first-order chi connectivity index (χ1) is 18.8. The molecule has 10 heteroatoms. The number of thiazole rings is 1. The van der Waals surface area contributed by atoms with Crippen LogP contribution in [0.5, 0.6) is 0 Å². The van der Waals surface area contributed by atoms with Crippen LogP contribution in [0.3, 0.4) is 0 Å². The van der Waals surface area contributed by atoms with E-state index in [1.807, 2.05) is 12.3 Å². The summed E-state index contributed by atoms with van der Waals surface area (Å²) in [5.41, 5.74) is 3.70. The highest BCUT2D eigenvalue weighted by Gasteiger charge is 2.31. The summed E-state index contributed by atoms with van der Waals surface area (Å²) in [6.07, 6.45) is 7.04. The number of rotatable bonds is 11. The second-order valence-electron chi connectivity index (χ2n) is 9.10. The third kappa shape index (κ3) is 8.08. The summed E-state index contributed by atoms with van der Waals surface area (Å²) < 4.78 is 5.24. The van der Waals surface area contributed by atoms with E-state index in [9.17, 15) is 14.4 Å². The first-order valence-corrected chi connectivity index (χ1v) is 14.6. The third-order valence-electron chi connectivity index (χ3n) is 6.05. The van der Waals surface area contributed by atoms with Gasteiger partial charge < -0.3 is 10.1 Å². The summed E-state index contributed by atoms with van der Waals surface area (Å²) in [6.45, 7) is 2.59. The number of esters is 1. The van der Waals surface area contributed by atoms with E-state index < -0.39 is 5.97 Å². The zero-order valence-corrected chi connectivity index (χ0v) is 24.2. The maximum atomic E-state index is 12.9. The minimum atomic E-state index is -0.406. The molecule has 2 aromatic carbocycles. The lowest BCUT2D eigenvalue weighted by Crippen LogP contribution is -2.29. The van der Waals surface area contributed by atoms with Crippen LogP contribution in [0, 0.1) is 6.92 Å². The number of benzene rings is 2. The highest BCUT2D eigenvalue weighted by atomic mass is 32.2. The SMILES string of the molecule is COC(=O)c1ccc(C=C2SC(=S)N(CCCCCC(=O)Nc3ncc(Cc4cccc(C)c4)s3)C2=O)cc1. The Hall–Kier alpha value is -3.34. The van der Waals surface area contributed by atoms with Crippen molar-refractivity contribution < 1.29 is 19.1 Å². The predicted molar refractivity (Wildman–Crippen MR) is 161 cm³/mol. The molecule has 0 atom stereocenters. The molecule has 0 aliphatic carbocycles. The Balaban J connectivity index is 1.17. The number of thioether (sulfide) groups is 1. The number of aromatic nitrogens is 1. The smallest absolute Gasteiger partial charge is 0.337 e. The van der Waals surface area contributed by atoms with Gasteiger partial charge in [-0.25, -0.2) is 9.78 Å². The third-order valence-corrected chi connectivity index (χ3v) is 8.34. The van der Waals surface area contributed by atoms with Gasteiger partial charge in [-0.1, -0.05) is 72.4 Å². The number of aryl methyl sites for hydroxylation is 1. The fourth-order valence-electron chi connectivity index (χ4n) is 4.06. The van der Waals surface area contributed by atoms with Crippen LogP contribution in [0.25, 0.3) is 6.08 Å². The normalized spacial score (nSPS) is 14.2. The molecule has 4 rings (SSSR count). The molecule has 0 spiro atoms. The average molecular weight is 580 g/mol. The molecule has 1 aromatic heterocycles. The summed E-state index contributed by atoms with van der Waals surface area (Å²) >= 11 is 8.19. The highest BCUT2D eigenvalue weighted by molar-refractivity contribution is 8.26. The monoisotopic (exact) mass is 579 g/mol. The number of carbonyl (C=O) groups is 3. The number of thiocarbonyl (C=S) groups is 1. The van der Waals surface area contributed by atoms with E-state index in [4.69, 9.17) is 17.0 Å². The summed E-state index contributed by atoms with van der Waals surface area (Å²) in [6, 6.07) is 15.2. The molecule has 202 valence electrons. The number of amides is 2. The van der Waals surface area contributed by atoms with E-state index in [1.165, 1.54) is 41.3 Å². The van der Waals surface area contributed by atoms with Gasteiger partial charge in [0, 0.05) is 30.5 Å². The lowest BCUT2D eigenvalue weighted by Gasteiger charge is -2.14. The molecule has 0 radical (unpaired) electrons. The van der Waals surface area contributed by atoms with Gasteiger partial charge in [-0.2, -0.15) is 0 Å². The van der Waals surface area contributed by atoms with Gasteiger partial charge in [-0.3, -0.25) is 14.5 Å². The van der Waals surface area contributed by atoms with Gasteiger partial charge >= 0.3 is 5.97 Å². The van der Waals surface area contributed by atoms with Gasteiger partial charge in [-0.05, 0) is 49.1 Å². The first kappa shape index (κ1) is 28.7. The summed E-state index contributed by atoms with van der Waals surface area (Å²) in [4.78, 5) is 44.4. The predicted octanol–water partition coefficient (Wildman–Crippen LogP) is 6.23. The Labute approximate surface area is 241 Å². The number of hydrogen-bond acceptors (Lipinski definition) is 8. The number of unbranched alkanes of at least 4 members (excludes halogenated alkanes) is 2. The maximum Gasteiger partial charge on any atom is 0.337 e. The van der Waals surface area contributed by atoms with Gasteiger partial charge in [0.2, 0.25) is 5.91 Å². The van der Waals surface area contributed by atoms with Crippen molar-refractivity contribution in [2.45, 2.75) is 39.0 Å². The molecule has 39 heavy (non-hydrogen) atoms. The number of methoxy groups -OCH3 is 1. The Bertz CT molecular complexity index is 1400.